The van der Waals surface area contributed by atoms with E-state index in [2.05, 4.69) is 4.98 Å². The number of likely N-dealkylation sites (tertiary alicyclic amines) is 1. The molecule has 1 saturated carbocycles. The zero-order chi connectivity index (χ0) is 11.1. The van der Waals surface area contributed by atoms with Crippen molar-refractivity contribution in [3.05, 3.63) is 16.6 Å². The minimum absolute atomic E-state index is 0. The highest BCUT2D eigenvalue weighted by Gasteiger charge is 2.42. The van der Waals surface area contributed by atoms with Crippen molar-refractivity contribution in [1.29, 1.82) is 0 Å². The Morgan fingerprint density at radius 3 is 2.78 bits per heavy atom. The topological polar surface area (TPSA) is 59.2 Å². The second kappa shape index (κ2) is 6.19. The van der Waals surface area contributed by atoms with Crippen molar-refractivity contribution in [2.24, 2.45) is 17.6 Å². The molecule has 2 N–H and O–H groups in total. The van der Waals surface area contributed by atoms with Crippen LogP contribution in [0.25, 0.3) is 0 Å². The molecule has 2 aliphatic rings. The molecule has 1 aromatic rings. The fourth-order valence-electron chi connectivity index (χ4n) is 2.95. The Morgan fingerprint density at radius 2 is 2.17 bits per heavy atom. The molecular formula is C11H17Cl2N3OS. The van der Waals surface area contributed by atoms with Gasteiger partial charge < -0.3 is 10.6 Å². The van der Waals surface area contributed by atoms with E-state index < -0.39 is 0 Å². The SMILES string of the molecule is Cl.Cl.NC1CCC2CN(C(=O)c3cscn3)CC12. The summed E-state index contributed by atoms with van der Waals surface area (Å²) < 4.78 is 0. The number of hydrogen-bond acceptors (Lipinski definition) is 4. The van der Waals surface area contributed by atoms with Gasteiger partial charge >= 0.3 is 0 Å². The molecule has 4 nitrogen and oxygen atoms in total. The third-order valence-electron chi connectivity index (χ3n) is 3.85. The van der Waals surface area contributed by atoms with E-state index in [1.165, 1.54) is 17.8 Å². The maximum absolute atomic E-state index is 12.1. The van der Waals surface area contributed by atoms with Crippen molar-refractivity contribution in [3.63, 3.8) is 0 Å². The van der Waals surface area contributed by atoms with Gasteiger partial charge in [0, 0.05) is 24.5 Å². The summed E-state index contributed by atoms with van der Waals surface area (Å²) in [6.45, 7) is 1.69. The van der Waals surface area contributed by atoms with Crippen LogP contribution in [-0.2, 0) is 0 Å². The number of amides is 1. The van der Waals surface area contributed by atoms with Gasteiger partial charge in [-0.3, -0.25) is 4.79 Å². The quantitative estimate of drug-likeness (QED) is 0.860. The average Bonchev–Trinajstić information content (AvgIpc) is 2.96. The minimum Gasteiger partial charge on any atom is -0.337 e. The normalized spacial score (nSPS) is 29.4. The largest absolute Gasteiger partial charge is 0.337 e. The van der Waals surface area contributed by atoms with E-state index in [0.29, 0.717) is 23.6 Å². The van der Waals surface area contributed by atoms with E-state index in [1.807, 2.05) is 10.3 Å². The Bertz CT molecular complexity index is 401. The number of nitrogens with two attached hydrogens (primary N) is 1. The Morgan fingerprint density at radius 1 is 1.39 bits per heavy atom. The number of carbonyl (C=O) groups excluding carboxylic acids is 1. The van der Waals surface area contributed by atoms with Crippen LogP contribution in [-0.4, -0.2) is 34.9 Å². The molecule has 2 fully saturated rings. The van der Waals surface area contributed by atoms with Gasteiger partial charge in [0.25, 0.3) is 5.91 Å². The Hall–Kier alpha value is -0.360. The van der Waals surface area contributed by atoms with Crippen LogP contribution in [0.3, 0.4) is 0 Å². The fraction of sp³-hybridized carbons (Fsp3) is 0.636. The first-order valence-electron chi connectivity index (χ1n) is 5.69. The zero-order valence-corrected chi connectivity index (χ0v) is 12.3. The summed E-state index contributed by atoms with van der Waals surface area (Å²) in [5.74, 6) is 1.21. The summed E-state index contributed by atoms with van der Waals surface area (Å²) in [6, 6.07) is 0.290. The van der Waals surface area contributed by atoms with Crippen LogP contribution in [0.2, 0.25) is 0 Å². The average molecular weight is 310 g/mol. The zero-order valence-electron chi connectivity index (χ0n) is 9.82. The maximum atomic E-state index is 12.1. The van der Waals surface area contributed by atoms with E-state index in [9.17, 15) is 4.79 Å². The van der Waals surface area contributed by atoms with Gasteiger partial charge in [-0.1, -0.05) is 0 Å². The molecule has 1 aliphatic heterocycles. The molecule has 102 valence electrons. The standard InChI is InChI=1S/C11H15N3OS.2ClH/c12-9-2-1-7-3-14(4-8(7)9)11(15)10-5-16-6-13-10;;/h5-9H,1-4,12H2;2*1H. The van der Waals surface area contributed by atoms with Crippen molar-refractivity contribution >= 4 is 42.1 Å². The van der Waals surface area contributed by atoms with E-state index >= 15 is 0 Å². The lowest BCUT2D eigenvalue weighted by Gasteiger charge is -2.17. The molecule has 3 atom stereocenters. The molecule has 1 aromatic heterocycles. The van der Waals surface area contributed by atoms with Crippen molar-refractivity contribution in [2.45, 2.75) is 18.9 Å². The highest BCUT2D eigenvalue weighted by Crippen LogP contribution is 2.37. The molecule has 18 heavy (non-hydrogen) atoms. The number of aromatic nitrogens is 1. The van der Waals surface area contributed by atoms with E-state index in [4.69, 9.17) is 5.73 Å². The monoisotopic (exact) mass is 309 g/mol. The molecule has 2 heterocycles. The summed E-state index contributed by atoms with van der Waals surface area (Å²) in [5, 5.41) is 1.82. The van der Waals surface area contributed by atoms with Crippen LogP contribution in [0.5, 0.6) is 0 Å². The lowest BCUT2D eigenvalue weighted by atomic mass is 9.98. The molecule has 7 heteroatoms. The molecule has 0 radical (unpaired) electrons. The van der Waals surface area contributed by atoms with Gasteiger partial charge in [-0.15, -0.1) is 36.2 Å². The lowest BCUT2D eigenvalue weighted by molar-refractivity contribution is 0.0774. The first kappa shape index (κ1) is 15.7. The Balaban J connectivity index is 0.000000810. The summed E-state index contributed by atoms with van der Waals surface area (Å²) in [5.41, 5.74) is 8.34. The summed E-state index contributed by atoms with van der Waals surface area (Å²) in [4.78, 5) is 18.1. The molecule has 1 saturated heterocycles. The van der Waals surface area contributed by atoms with Gasteiger partial charge in [-0.2, -0.15) is 0 Å². The van der Waals surface area contributed by atoms with Crippen molar-refractivity contribution in [2.75, 3.05) is 13.1 Å². The lowest BCUT2D eigenvalue weighted by Crippen LogP contribution is -2.33. The Labute approximate surface area is 123 Å². The summed E-state index contributed by atoms with van der Waals surface area (Å²) in [7, 11) is 0. The van der Waals surface area contributed by atoms with Gasteiger partial charge in [0.05, 0.1) is 5.51 Å². The molecule has 1 amide bonds. The van der Waals surface area contributed by atoms with E-state index in [0.717, 1.165) is 19.5 Å². The van der Waals surface area contributed by atoms with Crippen molar-refractivity contribution < 1.29 is 4.79 Å². The number of nitrogens with zero attached hydrogens (tertiary/aromatic N) is 2. The molecule has 0 spiro atoms. The van der Waals surface area contributed by atoms with E-state index in [-0.39, 0.29) is 30.7 Å². The predicted octanol–water partition coefficient (Wildman–Crippen LogP) is 1.80. The van der Waals surface area contributed by atoms with Gasteiger partial charge in [0.2, 0.25) is 0 Å². The predicted molar refractivity (Wildman–Crippen MR) is 76.7 cm³/mol. The van der Waals surface area contributed by atoms with Gasteiger partial charge in [0.15, 0.2) is 0 Å². The Kier molecular flexibility index (Phi) is 5.40. The highest BCUT2D eigenvalue weighted by molar-refractivity contribution is 7.07. The molecule has 3 unspecified atom stereocenters. The van der Waals surface area contributed by atoms with Crippen LogP contribution in [0.1, 0.15) is 23.3 Å². The summed E-state index contributed by atoms with van der Waals surface area (Å²) in [6.07, 6.45) is 2.29. The highest BCUT2D eigenvalue weighted by atomic mass is 35.5. The number of fused-ring (bicyclic) bond motifs is 1. The number of halogens is 2. The molecule has 1 aliphatic carbocycles. The fourth-order valence-corrected chi connectivity index (χ4v) is 3.48. The smallest absolute Gasteiger partial charge is 0.273 e. The van der Waals surface area contributed by atoms with Crippen LogP contribution in [0.15, 0.2) is 10.9 Å². The number of hydrogen-bond donors (Lipinski definition) is 1. The van der Waals surface area contributed by atoms with Crippen LogP contribution >= 0.6 is 36.2 Å². The number of carbonyl (C=O) groups is 1. The van der Waals surface area contributed by atoms with Gasteiger partial charge in [-0.25, -0.2) is 4.98 Å². The van der Waals surface area contributed by atoms with E-state index in [1.54, 1.807) is 5.51 Å². The molecular weight excluding hydrogens is 293 g/mol. The maximum Gasteiger partial charge on any atom is 0.273 e. The number of thiazole rings is 1. The van der Waals surface area contributed by atoms with Crippen LogP contribution in [0.4, 0.5) is 0 Å². The molecule has 0 aromatic carbocycles. The van der Waals surface area contributed by atoms with Gasteiger partial charge in [0.1, 0.15) is 5.69 Å². The summed E-state index contributed by atoms with van der Waals surface area (Å²) >= 11 is 1.47. The van der Waals surface area contributed by atoms with Crippen LogP contribution in [0, 0.1) is 11.8 Å². The third kappa shape index (κ3) is 2.64. The third-order valence-corrected chi connectivity index (χ3v) is 4.44. The number of rotatable bonds is 1. The minimum atomic E-state index is 0. The van der Waals surface area contributed by atoms with Crippen LogP contribution < -0.4 is 5.73 Å². The first-order valence-corrected chi connectivity index (χ1v) is 6.63. The molecule has 3 rings (SSSR count). The second-order valence-electron chi connectivity index (χ2n) is 4.75. The van der Waals surface area contributed by atoms with Gasteiger partial charge in [-0.05, 0) is 24.7 Å². The van der Waals surface area contributed by atoms with Crippen molar-refractivity contribution in [3.8, 4) is 0 Å². The first-order chi connectivity index (χ1) is 7.75. The molecule has 0 bridgehead atoms. The second-order valence-corrected chi connectivity index (χ2v) is 5.47. The van der Waals surface area contributed by atoms with Crippen molar-refractivity contribution in [1.82, 2.24) is 9.88 Å².